The van der Waals surface area contributed by atoms with Gasteiger partial charge in [-0.15, -0.1) is 35.4 Å². The Hall–Kier alpha value is -3.03. The number of carbonyl (C=O) groups excluding carboxylic acids is 1. The summed E-state index contributed by atoms with van der Waals surface area (Å²) in [4.78, 5) is 14.6. The number of aryl methyl sites for hydroxylation is 2. The number of hydrogen-bond acceptors (Lipinski definition) is 3. The number of nitrogens with zero attached hydrogens (tertiary/aromatic N) is 1. The third-order valence-electron chi connectivity index (χ3n) is 4.84. The van der Waals surface area contributed by atoms with Gasteiger partial charge in [-0.05, 0) is 50.3 Å². The molecule has 3 aromatic carbocycles. The molecule has 0 bridgehead atoms. The number of carbonyl (C=O) groups is 1. The molecular weight excluding hydrogens is 577 g/mol. The summed E-state index contributed by atoms with van der Waals surface area (Å²) in [5, 5.41) is 9.52. The first kappa shape index (κ1) is 25.2. The zero-order chi connectivity index (χ0) is 22.4. The van der Waals surface area contributed by atoms with Crippen molar-refractivity contribution in [2.24, 2.45) is 0 Å². The van der Waals surface area contributed by atoms with Crippen LogP contribution in [0.2, 0.25) is 0 Å². The third-order valence-corrected chi connectivity index (χ3v) is 4.84. The Balaban J connectivity index is 0.000000398. The Morgan fingerprint density at radius 1 is 0.969 bits per heavy atom. The van der Waals surface area contributed by atoms with Crippen molar-refractivity contribution in [3.8, 4) is 22.3 Å². The summed E-state index contributed by atoms with van der Waals surface area (Å²) in [6.07, 6.45) is 3.01. The summed E-state index contributed by atoms with van der Waals surface area (Å²) in [5.41, 5.74) is 8.29. The first-order chi connectivity index (χ1) is 14.8. The molecule has 0 radical (unpaired) electrons. The second-order valence-electron chi connectivity index (χ2n) is 7.59. The van der Waals surface area contributed by atoms with E-state index in [1.807, 2.05) is 18.3 Å². The molecule has 166 valence electrons. The Labute approximate surface area is 204 Å². The van der Waals surface area contributed by atoms with E-state index in [0.29, 0.717) is 0 Å². The van der Waals surface area contributed by atoms with Crippen molar-refractivity contribution in [3.63, 3.8) is 0 Å². The van der Waals surface area contributed by atoms with Gasteiger partial charge >= 0.3 is 0 Å². The number of para-hydroxylation sites is 1. The zero-order valence-corrected chi connectivity index (χ0v) is 20.9. The van der Waals surface area contributed by atoms with Crippen LogP contribution in [0.15, 0.2) is 84.8 Å². The molecule has 0 aliphatic heterocycles. The number of allylic oxidation sites excluding steroid dienone is 2. The summed E-state index contributed by atoms with van der Waals surface area (Å²) in [7, 11) is 0. The second kappa shape index (κ2) is 11.5. The summed E-state index contributed by atoms with van der Waals surface area (Å²) >= 11 is 0. The molecule has 0 unspecified atom stereocenters. The van der Waals surface area contributed by atoms with Crippen molar-refractivity contribution in [2.45, 2.75) is 27.7 Å². The molecule has 0 atom stereocenters. The van der Waals surface area contributed by atoms with Crippen LogP contribution in [0.25, 0.3) is 33.2 Å². The van der Waals surface area contributed by atoms with E-state index in [1.54, 1.807) is 0 Å². The number of aliphatic hydroxyl groups excluding tert-OH is 1. The van der Waals surface area contributed by atoms with Crippen molar-refractivity contribution in [3.05, 3.63) is 102 Å². The van der Waals surface area contributed by atoms with E-state index >= 15 is 0 Å². The molecule has 0 aliphatic carbocycles. The van der Waals surface area contributed by atoms with Crippen molar-refractivity contribution < 1.29 is 31.0 Å². The number of aromatic nitrogens is 1. The van der Waals surface area contributed by atoms with Crippen LogP contribution < -0.4 is 0 Å². The van der Waals surface area contributed by atoms with E-state index in [1.165, 1.54) is 42.2 Å². The van der Waals surface area contributed by atoms with Gasteiger partial charge in [0.2, 0.25) is 0 Å². The minimum absolute atomic E-state index is 0. The molecule has 0 amide bonds. The van der Waals surface area contributed by atoms with Crippen LogP contribution >= 0.6 is 0 Å². The van der Waals surface area contributed by atoms with Crippen molar-refractivity contribution in [2.75, 3.05) is 0 Å². The van der Waals surface area contributed by atoms with E-state index in [-0.39, 0.29) is 32.6 Å². The molecule has 4 heteroatoms. The second-order valence-corrected chi connectivity index (χ2v) is 7.59. The summed E-state index contributed by atoms with van der Waals surface area (Å²) in [6, 6.07) is 26.7. The van der Waals surface area contributed by atoms with Gasteiger partial charge in [-0.25, -0.2) is 0 Å². The minimum atomic E-state index is -0.125. The predicted molar refractivity (Wildman–Crippen MR) is 128 cm³/mol. The van der Waals surface area contributed by atoms with Gasteiger partial charge in [-0.3, -0.25) is 9.78 Å². The van der Waals surface area contributed by atoms with Crippen LogP contribution in [0, 0.1) is 19.9 Å². The SMILES string of the molecule is CC(=O)/C=C(/C)O.Cc1ccc(C)c(-c2cc[c-]c(-c3cccc4cccnc34)c2)c1.[Pt]. The molecule has 0 fully saturated rings. The Morgan fingerprint density at radius 3 is 2.41 bits per heavy atom. The quantitative estimate of drug-likeness (QED) is 0.156. The minimum Gasteiger partial charge on any atom is -0.512 e. The average molecular weight is 604 g/mol. The number of aliphatic hydroxyl groups is 1. The maximum Gasteiger partial charge on any atom is 0.155 e. The summed E-state index contributed by atoms with van der Waals surface area (Å²) in [6.45, 7) is 7.14. The van der Waals surface area contributed by atoms with Crippen molar-refractivity contribution in [1.82, 2.24) is 4.98 Å². The van der Waals surface area contributed by atoms with Gasteiger partial charge in [0, 0.05) is 38.9 Å². The molecular formula is C28H26NO2Pt-. The summed E-state index contributed by atoms with van der Waals surface area (Å²) in [5.74, 6) is -0.0625. The number of fused-ring (bicyclic) bond motifs is 1. The van der Waals surface area contributed by atoms with Gasteiger partial charge in [0.05, 0.1) is 5.76 Å². The van der Waals surface area contributed by atoms with Gasteiger partial charge in [0.15, 0.2) is 5.78 Å². The van der Waals surface area contributed by atoms with E-state index in [4.69, 9.17) is 5.11 Å². The first-order valence-corrected chi connectivity index (χ1v) is 10.2. The molecule has 1 aromatic heterocycles. The van der Waals surface area contributed by atoms with Crippen LogP contribution in [0.4, 0.5) is 0 Å². The van der Waals surface area contributed by atoms with Crippen molar-refractivity contribution in [1.29, 1.82) is 0 Å². The molecule has 0 saturated carbocycles. The van der Waals surface area contributed by atoms with E-state index in [2.05, 4.69) is 79.5 Å². The van der Waals surface area contributed by atoms with Gasteiger partial charge in [-0.2, -0.15) is 0 Å². The van der Waals surface area contributed by atoms with Gasteiger partial charge in [0.1, 0.15) is 0 Å². The Bertz CT molecular complexity index is 1250. The van der Waals surface area contributed by atoms with Crippen LogP contribution in [-0.2, 0) is 25.9 Å². The van der Waals surface area contributed by atoms with Crippen LogP contribution in [-0.4, -0.2) is 15.9 Å². The van der Waals surface area contributed by atoms with Crippen LogP contribution in [0.3, 0.4) is 0 Å². The number of hydrogen-bond donors (Lipinski definition) is 1. The third kappa shape index (κ3) is 6.48. The molecule has 1 N–H and O–H groups in total. The molecule has 1 heterocycles. The standard InChI is InChI=1S/C23H18N.C5H8O2.Pt/c1-16-11-12-17(2)22(14-16)20-8-3-7-19(15-20)21-10-4-6-18-9-5-13-24-23(18)21;1-4(6)3-5(2)7;/h3-6,8-15H,1-2H3;3,6H,1-2H3;/q-1;;/b;4-3-;. The number of benzene rings is 3. The van der Waals surface area contributed by atoms with Crippen molar-refractivity contribution >= 4 is 16.7 Å². The Kier molecular flexibility index (Phi) is 9.11. The molecule has 3 nitrogen and oxygen atoms in total. The van der Waals surface area contributed by atoms with Gasteiger partial charge < -0.3 is 5.11 Å². The zero-order valence-electron chi connectivity index (χ0n) is 18.6. The number of ketones is 1. The fourth-order valence-electron chi connectivity index (χ4n) is 3.45. The molecule has 4 aromatic rings. The van der Waals surface area contributed by atoms with Gasteiger partial charge in [-0.1, -0.05) is 53.6 Å². The van der Waals surface area contributed by atoms with E-state index in [9.17, 15) is 4.79 Å². The van der Waals surface area contributed by atoms with Gasteiger partial charge in [0.25, 0.3) is 0 Å². The smallest absolute Gasteiger partial charge is 0.155 e. The number of pyridine rings is 1. The molecule has 0 spiro atoms. The fraction of sp³-hybridized carbons (Fsp3) is 0.143. The van der Waals surface area contributed by atoms with Crippen LogP contribution in [0.5, 0.6) is 0 Å². The van der Waals surface area contributed by atoms with E-state index in [0.717, 1.165) is 22.0 Å². The first-order valence-electron chi connectivity index (χ1n) is 10.2. The molecule has 32 heavy (non-hydrogen) atoms. The number of rotatable bonds is 3. The largest absolute Gasteiger partial charge is 0.512 e. The topological polar surface area (TPSA) is 50.2 Å². The normalized spacial score (nSPS) is 10.7. The molecule has 0 aliphatic rings. The average Bonchev–Trinajstić information content (AvgIpc) is 2.74. The predicted octanol–water partition coefficient (Wildman–Crippen LogP) is 7.02. The Morgan fingerprint density at radius 2 is 1.72 bits per heavy atom. The maximum atomic E-state index is 10.0. The molecule has 4 rings (SSSR count). The van der Waals surface area contributed by atoms with Crippen LogP contribution in [0.1, 0.15) is 25.0 Å². The fourth-order valence-corrected chi connectivity index (χ4v) is 3.45. The monoisotopic (exact) mass is 603 g/mol. The van der Waals surface area contributed by atoms with E-state index < -0.39 is 0 Å². The molecule has 0 saturated heterocycles. The maximum absolute atomic E-state index is 10.0. The summed E-state index contributed by atoms with van der Waals surface area (Å²) < 4.78 is 0.